The molecule has 66 valence electrons. The summed E-state index contributed by atoms with van der Waals surface area (Å²) in [6.07, 6.45) is 8.27. The highest BCUT2D eigenvalue weighted by atomic mass is 15.0. The van der Waals surface area contributed by atoms with Crippen molar-refractivity contribution in [2.24, 2.45) is 0 Å². The molecule has 1 nitrogen and oxygen atoms in total. The lowest BCUT2D eigenvalue weighted by molar-refractivity contribution is 0.488. The molecule has 1 aliphatic heterocycles. The van der Waals surface area contributed by atoms with Crippen LogP contribution in [0.15, 0.2) is 0 Å². The van der Waals surface area contributed by atoms with Crippen molar-refractivity contribution in [2.45, 2.75) is 64.5 Å². The van der Waals surface area contributed by atoms with Crippen molar-refractivity contribution in [1.29, 1.82) is 0 Å². The first-order chi connectivity index (χ1) is 5.36. The molecule has 1 rings (SSSR count). The minimum Gasteiger partial charge on any atom is -0.311 e. The van der Waals surface area contributed by atoms with Crippen molar-refractivity contribution in [1.82, 2.24) is 5.32 Å². The van der Waals surface area contributed by atoms with Crippen LogP contribution < -0.4 is 5.32 Å². The van der Waals surface area contributed by atoms with Gasteiger partial charge in [0.1, 0.15) is 0 Å². The van der Waals surface area contributed by atoms with E-state index in [4.69, 9.17) is 0 Å². The predicted molar refractivity (Wildman–Crippen MR) is 49.8 cm³/mol. The van der Waals surface area contributed by atoms with Gasteiger partial charge in [-0.2, -0.15) is 0 Å². The van der Waals surface area contributed by atoms with E-state index in [9.17, 15) is 0 Å². The zero-order valence-electron chi connectivity index (χ0n) is 7.90. The second-order valence-corrected chi connectivity index (χ2v) is 3.69. The third kappa shape index (κ3) is 2.82. The summed E-state index contributed by atoms with van der Waals surface area (Å²) in [6.45, 7) is 4.55. The highest BCUT2D eigenvalue weighted by Crippen LogP contribution is 2.18. The SMILES string of the molecule is CCCCC1CCC(CC)N1. The van der Waals surface area contributed by atoms with E-state index in [1.165, 1.54) is 38.5 Å². The van der Waals surface area contributed by atoms with Gasteiger partial charge in [-0.25, -0.2) is 0 Å². The topological polar surface area (TPSA) is 12.0 Å². The van der Waals surface area contributed by atoms with Gasteiger partial charge in [-0.3, -0.25) is 0 Å². The summed E-state index contributed by atoms with van der Waals surface area (Å²) >= 11 is 0. The Hall–Kier alpha value is -0.0400. The first-order valence-corrected chi connectivity index (χ1v) is 5.12. The molecule has 11 heavy (non-hydrogen) atoms. The van der Waals surface area contributed by atoms with Gasteiger partial charge in [-0.05, 0) is 25.7 Å². The summed E-state index contributed by atoms with van der Waals surface area (Å²) in [6, 6.07) is 1.68. The second-order valence-electron chi connectivity index (χ2n) is 3.69. The van der Waals surface area contributed by atoms with Crippen molar-refractivity contribution in [3.8, 4) is 0 Å². The molecule has 0 aliphatic carbocycles. The molecule has 0 aromatic rings. The van der Waals surface area contributed by atoms with Crippen molar-refractivity contribution in [2.75, 3.05) is 0 Å². The zero-order chi connectivity index (χ0) is 8.10. The van der Waals surface area contributed by atoms with Crippen molar-refractivity contribution in [3.05, 3.63) is 0 Å². The standard InChI is InChI=1S/C10H21N/c1-3-5-6-10-8-7-9(4-2)11-10/h9-11H,3-8H2,1-2H3. The predicted octanol–water partition coefficient (Wildman–Crippen LogP) is 2.71. The molecule has 0 saturated carbocycles. The second kappa shape index (κ2) is 4.76. The third-order valence-corrected chi connectivity index (χ3v) is 2.73. The lowest BCUT2D eigenvalue weighted by Gasteiger charge is -2.11. The van der Waals surface area contributed by atoms with Crippen LogP contribution in [-0.4, -0.2) is 12.1 Å². The van der Waals surface area contributed by atoms with E-state index < -0.39 is 0 Å². The molecule has 1 fully saturated rings. The molecule has 2 unspecified atom stereocenters. The number of unbranched alkanes of at least 4 members (excludes halogenated alkanes) is 1. The average Bonchev–Trinajstić information content (AvgIpc) is 2.48. The molecule has 0 aromatic heterocycles. The highest BCUT2D eigenvalue weighted by Gasteiger charge is 2.20. The van der Waals surface area contributed by atoms with E-state index in [0.717, 1.165) is 12.1 Å². The molecular formula is C10H21N. The van der Waals surface area contributed by atoms with Crippen LogP contribution in [0.4, 0.5) is 0 Å². The highest BCUT2D eigenvalue weighted by molar-refractivity contribution is 4.81. The van der Waals surface area contributed by atoms with Gasteiger partial charge in [0.05, 0.1) is 0 Å². The zero-order valence-corrected chi connectivity index (χ0v) is 7.90. The number of nitrogens with one attached hydrogen (secondary N) is 1. The Labute approximate surface area is 70.6 Å². The molecule has 1 saturated heterocycles. The maximum Gasteiger partial charge on any atom is 0.00702 e. The third-order valence-electron chi connectivity index (χ3n) is 2.73. The minimum atomic E-state index is 0.830. The van der Waals surface area contributed by atoms with E-state index in [2.05, 4.69) is 19.2 Å². The van der Waals surface area contributed by atoms with Crippen LogP contribution in [0.3, 0.4) is 0 Å². The molecule has 1 aliphatic rings. The van der Waals surface area contributed by atoms with Crippen molar-refractivity contribution < 1.29 is 0 Å². The van der Waals surface area contributed by atoms with Crippen LogP contribution in [0, 0.1) is 0 Å². The first-order valence-electron chi connectivity index (χ1n) is 5.12. The quantitative estimate of drug-likeness (QED) is 0.658. The van der Waals surface area contributed by atoms with Crippen LogP contribution in [0.2, 0.25) is 0 Å². The largest absolute Gasteiger partial charge is 0.311 e. The van der Waals surface area contributed by atoms with Gasteiger partial charge in [0.25, 0.3) is 0 Å². The summed E-state index contributed by atoms with van der Waals surface area (Å²) in [5.74, 6) is 0. The Bertz CT molecular complexity index is 101. The Kier molecular flexibility index (Phi) is 3.92. The first kappa shape index (κ1) is 9.05. The number of hydrogen-bond donors (Lipinski definition) is 1. The van der Waals surface area contributed by atoms with Gasteiger partial charge >= 0.3 is 0 Å². The molecule has 0 aromatic carbocycles. The molecule has 0 spiro atoms. The lowest BCUT2D eigenvalue weighted by Crippen LogP contribution is -2.28. The van der Waals surface area contributed by atoms with E-state index in [1.807, 2.05) is 0 Å². The van der Waals surface area contributed by atoms with Gasteiger partial charge in [0, 0.05) is 12.1 Å². The lowest BCUT2D eigenvalue weighted by atomic mass is 10.1. The molecular weight excluding hydrogens is 134 g/mol. The molecule has 1 N–H and O–H groups in total. The Morgan fingerprint density at radius 2 is 1.91 bits per heavy atom. The number of rotatable bonds is 4. The molecule has 2 atom stereocenters. The van der Waals surface area contributed by atoms with Gasteiger partial charge in [0.2, 0.25) is 0 Å². The maximum atomic E-state index is 3.68. The summed E-state index contributed by atoms with van der Waals surface area (Å²) in [5, 5.41) is 3.68. The Morgan fingerprint density at radius 3 is 2.45 bits per heavy atom. The van der Waals surface area contributed by atoms with Crippen LogP contribution in [0.25, 0.3) is 0 Å². The molecule has 1 heteroatoms. The van der Waals surface area contributed by atoms with E-state index >= 15 is 0 Å². The average molecular weight is 155 g/mol. The smallest absolute Gasteiger partial charge is 0.00702 e. The molecule has 1 heterocycles. The molecule has 0 radical (unpaired) electrons. The van der Waals surface area contributed by atoms with Crippen molar-refractivity contribution >= 4 is 0 Å². The van der Waals surface area contributed by atoms with E-state index in [-0.39, 0.29) is 0 Å². The molecule has 0 amide bonds. The van der Waals surface area contributed by atoms with E-state index in [1.54, 1.807) is 0 Å². The summed E-state index contributed by atoms with van der Waals surface area (Å²) < 4.78 is 0. The fourth-order valence-corrected chi connectivity index (χ4v) is 1.90. The van der Waals surface area contributed by atoms with Gasteiger partial charge < -0.3 is 5.32 Å². The monoisotopic (exact) mass is 155 g/mol. The summed E-state index contributed by atoms with van der Waals surface area (Å²) in [5.41, 5.74) is 0. The van der Waals surface area contributed by atoms with Crippen molar-refractivity contribution in [3.63, 3.8) is 0 Å². The fourth-order valence-electron chi connectivity index (χ4n) is 1.90. The van der Waals surface area contributed by atoms with Gasteiger partial charge in [-0.1, -0.05) is 26.7 Å². The summed E-state index contributed by atoms with van der Waals surface area (Å²) in [7, 11) is 0. The Morgan fingerprint density at radius 1 is 1.18 bits per heavy atom. The fraction of sp³-hybridized carbons (Fsp3) is 1.00. The number of hydrogen-bond acceptors (Lipinski definition) is 1. The normalized spacial score (nSPS) is 31.1. The van der Waals surface area contributed by atoms with Crippen LogP contribution in [0.1, 0.15) is 52.4 Å². The van der Waals surface area contributed by atoms with E-state index in [0.29, 0.717) is 0 Å². The van der Waals surface area contributed by atoms with Crippen LogP contribution in [-0.2, 0) is 0 Å². The van der Waals surface area contributed by atoms with Crippen LogP contribution in [0.5, 0.6) is 0 Å². The Balaban J connectivity index is 2.09. The summed E-state index contributed by atoms with van der Waals surface area (Å²) in [4.78, 5) is 0. The van der Waals surface area contributed by atoms with Crippen LogP contribution >= 0.6 is 0 Å². The van der Waals surface area contributed by atoms with Gasteiger partial charge in [-0.15, -0.1) is 0 Å². The minimum absolute atomic E-state index is 0.830. The molecule has 0 bridgehead atoms. The maximum absolute atomic E-state index is 3.68. The van der Waals surface area contributed by atoms with Gasteiger partial charge in [0.15, 0.2) is 0 Å².